The number of likely N-dealkylation sites (tertiary alicyclic amines) is 1. The lowest BCUT2D eigenvalue weighted by atomic mass is 9.99. The number of halogens is 1. The highest BCUT2D eigenvalue weighted by Gasteiger charge is 2.40. The van der Waals surface area contributed by atoms with Crippen LogP contribution in [0.15, 0.2) is 54.6 Å². The van der Waals surface area contributed by atoms with Crippen LogP contribution in [0.2, 0.25) is 0 Å². The van der Waals surface area contributed by atoms with Crippen molar-refractivity contribution in [2.75, 3.05) is 25.5 Å². The highest BCUT2D eigenvalue weighted by atomic mass is 35.5. The van der Waals surface area contributed by atoms with Crippen LogP contribution in [-0.2, 0) is 30.4 Å². The van der Waals surface area contributed by atoms with E-state index >= 15 is 0 Å². The van der Waals surface area contributed by atoms with Crippen molar-refractivity contribution in [3.8, 4) is 5.75 Å². The van der Waals surface area contributed by atoms with Gasteiger partial charge in [-0.05, 0) is 69.9 Å². The van der Waals surface area contributed by atoms with Crippen LogP contribution < -0.4 is 31.7 Å². The van der Waals surface area contributed by atoms with E-state index < -0.39 is 66.4 Å². The molecule has 5 amide bonds. The normalized spacial score (nSPS) is 16.2. The van der Waals surface area contributed by atoms with E-state index in [1.165, 1.54) is 4.90 Å². The van der Waals surface area contributed by atoms with Crippen molar-refractivity contribution in [1.82, 2.24) is 20.9 Å². The lowest BCUT2D eigenvalue weighted by Crippen LogP contribution is -2.58. The molecule has 14 heteroatoms. The summed E-state index contributed by atoms with van der Waals surface area (Å²) in [7, 11) is 1.77. The fraction of sp³-hybridized carbons (Fsp3) is 0.469. The maximum absolute atomic E-state index is 13.5. The molecule has 0 bridgehead atoms. The standard InChI is InChI=1S/C32H44N6O7.ClH/c1-32(2,3)37-30(43)25-11-8-16-38(25)31(44)28(41)24(17-20-9-6-5-7-10-20)35-29(42)23(33)18-26(39)36-27(40)19-45-22-14-12-21(34-4)13-15-22;/h5-7,9-10,12-15,23-25,28,34,41H,8,11,16-19,33H2,1-4H3,(H,35,42)(H,37,43)(H,36,39,40);1H/t23-,24-,25-,28-;/m0./s1. The first-order valence-corrected chi connectivity index (χ1v) is 14.9. The van der Waals surface area contributed by atoms with Crippen molar-refractivity contribution in [1.29, 1.82) is 0 Å². The van der Waals surface area contributed by atoms with E-state index in [0.29, 0.717) is 18.6 Å². The molecule has 1 aliphatic heterocycles. The van der Waals surface area contributed by atoms with Gasteiger partial charge in [-0.2, -0.15) is 0 Å². The van der Waals surface area contributed by atoms with Crippen LogP contribution in [0.4, 0.5) is 5.69 Å². The van der Waals surface area contributed by atoms with Gasteiger partial charge in [0.15, 0.2) is 12.7 Å². The molecule has 7 N–H and O–H groups in total. The minimum Gasteiger partial charge on any atom is -0.484 e. The molecule has 0 radical (unpaired) electrons. The van der Waals surface area contributed by atoms with E-state index in [1.807, 2.05) is 26.8 Å². The third-order valence-electron chi connectivity index (χ3n) is 7.13. The van der Waals surface area contributed by atoms with Crippen LogP contribution in [0, 0.1) is 0 Å². The summed E-state index contributed by atoms with van der Waals surface area (Å²) >= 11 is 0. The molecular weight excluding hydrogens is 616 g/mol. The molecular formula is C32H45ClN6O7. The number of hydrogen-bond donors (Lipinski definition) is 6. The van der Waals surface area contributed by atoms with Gasteiger partial charge in [-0.25, -0.2) is 0 Å². The van der Waals surface area contributed by atoms with Crippen LogP contribution >= 0.6 is 12.4 Å². The van der Waals surface area contributed by atoms with E-state index in [9.17, 15) is 29.1 Å². The molecule has 13 nitrogen and oxygen atoms in total. The fourth-order valence-corrected chi connectivity index (χ4v) is 4.90. The lowest BCUT2D eigenvalue weighted by molar-refractivity contribution is -0.147. The van der Waals surface area contributed by atoms with Crippen molar-refractivity contribution in [2.24, 2.45) is 5.73 Å². The zero-order valence-electron chi connectivity index (χ0n) is 26.6. The maximum Gasteiger partial charge on any atom is 0.264 e. The molecule has 46 heavy (non-hydrogen) atoms. The molecule has 4 atom stereocenters. The monoisotopic (exact) mass is 660 g/mol. The van der Waals surface area contributed by atoms with Crippen LogP contribution in [0.25, 0.3) is 0 Å². The molecule has 252 valence electrons. The lowest BCUT2D eigenvalue weighted by Gasteiger charge is -2.32. The minimum absolute atomic E-state index is 0. The van der Waals surface area contributed by atoms with Gasteiger partial charge < -0.3 is 36.4 Å². The van der Waals surface area contributed by atoms with Crippen LogP contribution in [0.1, 0.15) is 45.6 Å². The number of amides is 5. The van der Waals surface area contributed by atoms with E-state index in [0.717, 1.165) is 11.3 Å². The molecule has 0 aromatic heterocycles. The summed E-state index contributed by atoms with van der Waals surface area (Å²) in [6.07, 6.45) is -1.11. The number of nitrogens with two attached hydrogens (primary N) is 1. The number of aliphatic hydroxyl groups is 1. The first-order chi connectivity index (χ1) is 21.3. The Balaban J connectivity index is 0.00000736. The van der Waals surface area contributed by atoms with Gasteiger partial charge in [0.05, 0.1) is 18.5 Å². The molecule has 1 heterocycles. The Morgan fingerprint density at radius 3 is 2.28 bits per heavy atom. The molecule has 0 saturated carbocycles. The minimum atomic E-state index is -1.70. The van der Waals surface area contributed by atoms with E-state index in [4.69, 9.17) is 10.5 Å². The summed E-state index contributed by atoms with van der Waals surface area (Å²) < 4.78 is 5.38. The Labute approximate surface area is 275 Å². The predicted octanol–water partition coefficient (Wildman–Crippen LogP) is 0.883. The van der Waals surface area contributed by atoms with Crippen LogP contribution in [0.3, 0.4) is 0 Å². The number of carbonyl (C=O) groups excluding carboxylic acids is 5. The molecule has 1 aliphatic rings. The average molecular weight is 661 g/mol. The molecule has 2 aromatic carbocycles. The van der Waals surface area contributed by atoms with Crippen molar-refractivity contribution >= 4 is 47.6 Å². The third kappa shape index (κ3) is 11.6. The van der Waals surface area contributed by atoms with Gasteiger partial charge in [-0.3, -0.25) is 29.3 Å². The Bertz CT molecular complexity index is 1340. The number of rotatable bonds is 13. The van der Waals surface area contributed by atoms with Crippen LogP contribution in [-0.4, -0.2) is 89.5 Å². The molecule has 0 unspecified atom stereocenters. The fourth-order valence-electron chi connectivity index (χ4n) is 4.90. The topological polar surface area (TPSA) is 192 Å². The number of aliphatic hydroxyl groups excluding tert-OH is 1. The summed E-state index contributed by atoms with van der Waals surface area (Å²) in [5.41, 5.74) is 7.09. The molecule has 1 saturated heterocycles. The molecule has 0 spiro atoms. The van der Waals surface area contributed by atoms with Crippen molar-refractivity contribution in [2.45, 2.75) is 76.2 Å². The third-order valence-corrected chi connectivity index (χ3v) is 7.13. The predicted molar refractivity (Wildman–Crippen MR) is 175 cm³/mol. The quantitative estimate of drug-likeness (QED) is 0.181. The number of imide groups is 1. The van der Waals surface area contributed by atoms with Crippen molar-refractivity contribution in [3.63, 3.8) is 0 Å². The number of ether oxygens (including phenoxy) is 1. The molecule has 1 fully saturated rings. The van der Waals surface area contributed by atoms with Crippen molar-refractivity contribution in [3.05, 3.63) is 60.2 Å². The second-order valence-corrected chi connectivity index (χ2v) is 12.0. The molecule has 0 aliphatic carbocycles. The largest absolute Gasteiger partial charge is 0.484 e. The summed E-state index contributed by atoms with van der Waals surface area (Å²) in [5, 5.41) is 21.8. The first-order valence-electron chi connectivity index (χ1n) is 14.9. The smallest absolute Gasteiger partial charge is 0.264 e. The van der Waals surface area contributed by atoms with Gasteiger partial charge in [0.1, 0.15) is 11.8 Å². The van der Waals surface area contributed by atoms with E-state index in [-0.39, 0.29) is 31.3 Å². The Morgan fingerprint density at radius 1 is 1.02 bits per heavy atom. The Morgan fingerprint density at radius 2 is 1.67 bits per heavy atom. The van der Waals surface area contributed by atoms with Gasteiger partial charge >= 0.3 is 0 Å². The average Bonchev–Trinajstić information content (AvgIpc) is 3.49. The van der Waals surface area contributed by atoms with Gasteiger partial charge in [0, 0.05) is 24.8 Å². The van der Waals surface area contributed by atoms with Gasteiger partial charge in [0.2, 0.25) is 17.7 Å². The van der Waals surface area contributed by atoms with Gasteiger partial charge in [-0.1, -0.05) is 30.3 Å². The first kappa shape index (κ1) is 38.0. The number of nitrogens with one attached hydrogen (secondary N) is 4. The highest BCUT2D eigenvalue weighted by molar-refractivity contribution is 5.98. The summed E-state index contributed by atoms with van der Waals surface area (Å²) in [4.78, 5) is 65.5. The number of benzene rings is 2. The number of nitrogens with zero attached hydrogens (tertiary/aromatic N) is 1. The number of anilines is 1. The summed E-state index contributed by atoms with van der Waals surface area (Å²) in [5.74, 6) is -2.89. The maximum atomic E-state index is 13.5. The summed E-state index contributed by atoms with van der Waals surface area (Å²) in [6, 6.07) is 12.5. The Hall–Kier alpha value is -4.20. The van der Waals surface area contributed by atoms with Crippen molar-refractivity contribution < 1.29 is 33.8 Å². The van der Waals surface area contributed by atoms with Crippen LogP contribution in [0.5, 0.6) is 5.75 Å². The zero-order valence-corrected chi connectivity index (χ0v) is 27.4. The summed E-state index contributed by atoms with van der Waals surface area (Å²) in [6.45, 7) is 5.37. The van der Waals surface area contributed by atoms with Gasteiger partial charge in [-0.15, -0.1) is 12.4 Å². The Kier molecular flexibility index (Phi) is 14.4. The number of carbonyl (C=O) groups is 5. The number of hydrogen-bond acceptors (Lipinski definition) is 9. The molecule has 2 aromatic rings. The SMILES string of the molecule is CNc1ccc(OCC(=O)NC(=O)C[C@H](N)C(=O)N[C@@H](Cc2ccccc2)[C@H](O)C(=O)N2CCC[C@H]2C(=O)NC(C)(C)C)cc1.Cl. The second kappa shape index (κ2) is 17.5. The second-order valence-electron chi connectivity index (χ2n) is 12.0. The highest BCUT2D eigenvalue weighted by Crippen LogP contribution is 2.21. The zero-order chi connectivity index (χ0) is 33.1. The molecule has 3 rings (SSSR count). The van der Waals surface area contributed by atoms with Gasteiger partial charge in [0.25, 0.3) is 11.8 Å². The van der Waals surface area contributed by atoms with E-state index in [1.54, 1.807) is 55.6 Å². The van der Waals surface area contributed by atoms with E-state index in [2.05, 4.69) is 21.3 Å².